The Balaban J connectivity index is 1.09. The van der Waals surface area contributed by atoms with E-state index in [-0.39, 0.29) is 0 Å². The van der Waals surface area contributed by atoms with Crippen molar-refractivity contribution in [2.75, 3.05) is 0 Å². The van der Waals surface area contributed by atoms with Gasteiger partial charge in [0.1, 0.15) is 11.5 Å². The lowest BCUT2D eigenvalue weighted by Crippen LogP contribution is -2.14. The minimum absolute atomic E-state index is 0.557. The molecule has 1 N–H and O–H groups in total. The maximum Gasteiger partial charge on any atom is 0.226 e. The van der Waals surface area contributed by atoms with Crippen molar-refractivity contribution >= 4 is 0 Å². The third kappa shape index (κ3) is 5.39. The van der Waals surface area contributed by atoms with E-state index in [1.54, 1.807) is 12.4 Å². The monoisotopic (exact) mass is 513 g/mol. The molecule has 0 atom stereocenters. The van der Waals surface area contributed by atoms with Gasteiger partial charge in [0.05, 0.1) is 22.8 Å². The maximum atomic E-state index is 5.97. The number of aromatic nitrogens is 4. The summed E-state index contributed by atoms with van der Waals surface area (Å²) < 4.78 is 11.9. The summed E-state index contributed by atoms with van der Waals surface area (Å²) in [7, 11) is 0. The highest BCUT2D eigenvalue weighted by Crippen LogP contribution is 2.27. The highest BCUT2D eigenvalue weighted by atomic mass is 16.4. The molecule has 4 aromatic heterocycles. The molecule has 7 heteroatoms. The molecule has 0 spiro atoms. The molecule has 192 valence electrons. The van der Waals surface area contributed by atoms with Gasteiger partial charge < -0.3 is 14.2 Å². The number of rotatable bonds is 8. The predicted molar refractivity (Wildman–Crippen MR) is 150 cm³/mol. The van der Waals surface area contributed by atoms with Crippen LogP contribution in [0.15, 0.2) is 106 Å². The molecule has 0 saturated carbocycles. The fourth-order valence-corrected chi connectivity index (χ4v) is 4.36. The molecule has 0 fully saturated rings. The molecule has 0 amide bonds. The van der Waals surface area contributed by atoms with Crippen LogP contribution < -0.4 is 5.32 Å². The van der Waals surface area contributed by atoms with E-state index < -0.39 is 0 Å². The highest BCUT2D eigenvalue weighted by molar-refractivity contribution is 5.65. The summed E-state index contributed by atoms with van der Waals surface area (Å²) in [5.41, 5.74) is 7.56. The molecule has 0 aliphatic rings. The van der Waals surface area contributed by atoms with Crippen molar-refractivity contribution in [2.24, 2.45) is 0 Å². The molecule has 6 rings (SSSR count). The van der Waals surface area contributed by atoms with Crippen molar-refractivity contribution in [3.63, 3.8) is 0 Å². The van der Waals surface area contributed by atoms with Crippen LogP contribution in [0.4, 0.5) is 0 Å². The zero-order valence-electron chi connectivity index (χ0n) is 21.8. The van der Waals surface area contributed by atoms with Gasteiger partial charge in [-0.25, -0.2) is 9.97 Å². The van der Waals surface area contributed by atoms with E-state index in [2.05, 4.69) is 15.3 Å². The van der Waals surface area contributed by atoms with Crippen molar-refractivity contribution in [3.05, 3.63) is 120 Å². The molecule has 0 saturated heterocycles. The van der Waals surface area contributed by atoms with Gasteiger partial charge in [-0.05, 0) is 62.4 Å². The Morgan fingerprint density at radius 1 is 0.538 bits per heavy atom. The van der Waals surface area contributed by atoms with Crippen LogP contribution in [0.25, 0.3) is 45.4 Å². The zero-order valence-corrected chi connectivity index (χ0v) is 21.8. The highest BCUT2D eigenvalue weighted by Gasteiger charge is 2.14. The normalized spacial score (nSPS) is 11.1. The van der Waals surface area contributed by atoms with Gasteiger partial charge in [-0.15, -0.1) is 0 Å². The Morgan fingerprint density at radius 2 is 0.949 bits per heavy atom. The van der Waals surface area contributed by atoms with E-state index in [4.69, 9.17) is 18.8 Å². The first kappa shape index (κ1) is 24.5. The summed E-state index contributed by atoms with van der Waals surface area (Å²) in [5, 5.41) is 3.43. The van der Waals surface area contributed by atoms with Crippen molar-refractivity contribution in [1.29, 1.82) is 0 Å². The molecular formula is C32H27N5O2. The molecule has 7 nitrogen and oxygen atoms in total. The standard InChI is InChI=1S/C32H27N5O2/c1-21-29(36-31(38-21)25-13-9-23(10-14-25)27-7-3-5-17-34-27)19-33-20-30-22(2)39-32(37-30)26-15-11-24(12-16-26)28-8-4-6-18-35-28/h3-18,33H,19-20H2,1-2H3. The summed E-state index contributed by atoms with van der Waals surface area (Å²) in [6, 6.07) is 27.9. The second-order valence-corrected chi connectivity index (χ2v) is 9.23. The second-order valence-electron chi connectivity index (χ2n) is 9.23. The van der Waals surface area contributed by atoms with Crippen LogP contribution in [-0.2, 0) is 13.1 Å². The van der Waals surface area contributed by atoms with Gasteiger partial charge in [0, 0.05) is 47.7 Å². The van der Waals surface area contributed by atoms with Gasteiger partial charge >= 0.3 is 0 Å². The minimum atomic E-state index is 0.557. The summed E-state index contributed by atoms with van der Waals surface area (Å²) in [4.78, 5) is 18.3. The third-order valence-electron chi connectivity index (χ3n) is 6.56. The number of aryl methyl sites for hydroxylation is 2. The van der Waals surface area contributed by atoms with Crippen LogP contribution in [-0.4, -0.2) is 19.9 Å². The first-order chi connectivity index (χ1) is 19.1. The molecule has 6 aromatic rings. The van der Waals surface area contributed by atoms with Crippen LogP contribution in [0, 0.1) is 13.8 Å². The molecule has 39 heavy (non-hydrogen) atoms. The fraction of sp³-hybridized carbons (Fsp3) is 0.125. The van der Waals surface area contributed by atoms with Crippen molar-refractivity contribution in [1.82, 2.24) is 25.3 Å². The molecule has 4 heterocycles. The van der Waals surface area contributed by atoms with E-state index in [0.717, 1.165) is 56.6 Å². The molecule has 0 bridgehead atoms. The summed E-state index contributed by atoms with van der Waals surface area (Å²) in [5.74, 6) is 2.78. The molecule has 0 unspecified atom stereocenters. The Hall–Kier alpha value is -4.88. The van der Waals surface area contributed by atoms with Crippen LogP contribution >= 0.6 is 0 Å². The SMILES string of the molecule is Cc1oc(-c2ccc(-c3ccccn3)cc2)nc1CNCc1nc(-c2ccc(-c3ccccn3)cc2)oc1C. The quantitative estimate of drug-likeness (QED) is 0.234. The Bertz CT molecular complexity index is 1550. The first-order valence-electron chi connectivity index (χ1n) is 12.8. The fourth-order valence-electron chi connectivity index (χ4n) is 4.36. The van der Waals surface area contributed by atoms with E-state index >= 15 is 0 Å². The Kier molecular flexibility index (Phi) is 6.80. The number of oxazole rings is 2. The van der Waals surface area contributed by atoms with Gasteiger partial charge in [-0.1, -0.05) is 36.4 Å². The average Bonchev–Trinajstić information content (AvgIpc) is 3.56. The Morgan fingerprint density at radius 3 is 1.33 bits per heavy atom. The summed E-state index contributed by atoms with van der Waals surface area (Å²) >= 11 is 0. The number of hydrogen-bond donors (Lipinski definition) is 1. The maximum absolute atomic E-state index is 5.97. The number of benzene rings is 2. The second kappa shape index (κ2) is 10.8. The van der Waals surface area contributed by atoms with Gasteiger partial charge in [-0.3, -0.25) is 9.97 Å². The first-order valence-corrected chi connectivity index (χ1v) is 12.8. The van der Waals surface area contributed by atoms with Gasteiger partial charge in [0.2, 0.25) is 11.8 Å². The molecule has 0 aliphatic heterocycles. The van der Waals surface area contributed by atoms with Gasteiger partial charge in [0.25, 0.3) is 0 Å². The lowest BCUT2D eigenvalue weighted by atomic mass is 10.1. The predicted octanol–water partition coefficient (Wildman–Crippen LogP) is 7.03. The number of hydrogen-bond acceptors (Lipinski definition) is 7. The number of nitrogens with zero attached hydrogens (tertiary/aromatic N) is 4. The van der Waals surface area contributed by atoms with E-state index in [1.165, 1.54) is 0 Å². The van der Waals surface area contributed by atoms with E-state index in [1.807, 2.05) is 98.8 Å². The van der Waals surface area contributed by atoms with Crippen molar-refractivity contribution in [3.8, 4) is 45.4 Å². The van der Waals surface area contributed by atoms with E-state index in [0.29, 0.717) is 24.9 Å². The smallest absolute Gasteiger partial charge is 0.226 e. The molecule has 0 radical (unpaired) electrons. The van der Waals surface area contributed by atoms with Crippen LogP contribution in [0.5, 0.6) is 0 Å². The third-order valence-corrected chi connectivity index (χ3v) is 6.56. The largest absolute Gasteiger partial charge is 0.441 e. The van der Waals surface area contributed by atoms with Crippen LogP contribution in [0.3, 0.4) is 0 Å². The average molecular weight is 514 g/mol. The molecule has 0 aliphatic carbocycles. The molecule has 2 aromatic carbocycles. The van der Waals surface area contributed by atoms with Crippen LogP contribution in [0.1, 0.15) is 22.9 Å². The summed E-state index contributed by atoms with van der Waals surface area (Å²) in [6.07, 6.45) is 3.59. The number of pyridine rings is 2. The topological polar surface area (TPSA) is 89.9 Å². The minimum Gasteiger partial charge on any atom is -0.441 e. The van der Waals surface area contributed by atoms with E-state index in [9.17, 15) is 0 Å². The lowest BCUT2D eigenvalue weighted by Gasteiger charge is -2.01. The molecular weight excluding hydrogens is 486 g/mol. The van der Waals surface area contributed by atoms with Crippen molar-refractivity contribution in [2.45, 2.75) is 26.9 Å². The van der Waals surface area contributed by atoms with Gasteiger partial charge in [-0.2, -0.15) is 0 Å². The van der Waals surface area contributed by atoms with Gasteiger partial charge in [0.15, 0.2) is 0 Å². The van der Waals surface area contributed by atoms with Crippen LogP contribution in [0.2, 0.25) is 0 Å². The number of nitrogens with one attached hydrogen (secondary N) is 1. The zero-order chi connectivity index (χ0) is 26.6. The lowest BCUT2D eigenvalue weighted by molar-refractivity contribution is 0.532. The van der Waals surface area contributed by atoms with Crippen molar-refractivity contribution < 1.29 is 8.83 Å². The Labute approximate surface area is 226 Å². The summed E-state index contributed by atoms with van der Waals surface area (Å²) in [6.45, 7) is 4.98.